The summed E-state index contributed by atoms with van der Waals surface area (Å²) in [4.78, 5) is 20.6. The topological polar surface area (TPSA) is 113 Å². The van der Waals surface area contributed by atoms with Gasteiger partial charge in [-0.3, -0.25) is 5.41 Å². The number of alkyl halides is 3. The number of nitrogen functional groups attached to an aromatic ring is 1. The third-order valence-corrected chi connectivity index (χ3v) is 2.63. The Morgan fingerprint density at radius 3 is 1.84 bits per heavy atom. The summed E-state index contributed by atoms with van der Waals surface area (Å²) in [5, 5.41) is 14.4. The molecule has 0 heterocycles. The number of esters is 1. The molecule has 0 aliphatic heterocycles. The van der Waals surface area contributed by atoms with Gasteiger partial charge in [0, 0.05) is 5.56 Å². The first kappa shape index (κ1) is 19.7. The van der Waals surface area contributed by atoms with E-state index in [1.807, 2.05) is 6.07 Å². The molecule has 0 amide bonds. The minimum atomic E-state index is -5.08. The van der Waals surface area contributed by atoms with Crippen LogP contribution < -0.4 is 10.5 Å². The number of carboxylic acid groups (broad SMARTS) is 1. The van der Waals surface area contributed by atoms with Crippen molar-refractivity contribution in [3.8, 4) is 5.75 Å². The number of halogens is 3. The molecule has 0 saturated heterocycles. The second-order valence-corrected chi connectivity index (χ2v) is 4.50. The number of hydrogen-bond acceptors (Lipinski definition) is 4. The number of nitrogens with two attached hydrogens (primary N) is 1. The molecule has 2 rings (SSSR count). The summed E-state index contributed by atoms with van der Waals surface area (Å²) in [5.41, 5.74) is 6.42. The molecular formula is C16H13F3N2O4. The highest BCUT2D eigenvalue weighted by Crippen LogP contribution is 2.14. The normalized spacial score (nSPS) is 10.2. The van der Waals surface area contributed by atoms with E-state index in [0.717, 1.165) is 0 Å². The Bertz CT molecular complexity index is 744. The maximum atomic E-state index is 11.7. The van der Waals surface area contributed by atoms with E-state index in [1.54, 1.807) is 48.5 Å². The lowest BCUT2D eigenvalue weighted by molar-refractivity contribution is -0.192. The number of carbonyl (C=O) groups is 2. The first-order chi connectivity index (χ1) is 11.6. The lowest BCUT2D eigenvalue weighted by Crippen LogP contribution is -2.21. The monoisotopic (exact) mass is 354 g/mol. The SMILES string of the molecule is N=C(N)c1ccc(OC(=O)c2ccccc2)cc1.O=C(O)C(F)(F)F. The van der Waals surface area contributed by atoms with Gasteiger partial charge in [0.25, 0.3) is 0 Å². The molecule has 9 heteroatoms. The molecule has 0 aromatic heterocycles. The quantitative estimate of drug-likeness (QED) is 0.339. The van der Waals surface area contributed by atoms with E-state index in [4.69, 9.17) is 25.8 Å². The van der Waals surface area contributed by atoms with Crippen molar-refractivity contribution in [3.63, 3.8) is 0 Å². The molecule has 0 radical (unpaired) electrons. The molecule has 25 heavy (non-hydrogen) atoms. The van der Waals surface area contributed by atoms with E-state index in [0.29, 0.717) is 16.9 Å². The molecular weight excluding hydrogens is 341 g/mol. The van der Waals surface area contributed by atoms with Crippen molar-refractivity contribution in [2.24, 2.45) is 5.73 Å². The smallest absolute Gasteiger partial charge is 0.475 e. The molecule has 0 saturated carbocycles. The number of rotatable bonds is 3. The van der Waals surface area contributed by atoms with Crippen molar-refractivity contribution in [3.05, 3.63) is 65.7 Å². The fraction of sp³-hybridized carbons (Fsp3) is 0.0625. The van der Waals surface area contributed by atoms with E-state index in [-0.39, 0.29) is 5.84 Å². The highest BCUT2D eigenvalue weighted by atomic mass is 19.4. The van der Waals surface area contributed by atoms with Gasteiger partial charge in [0.1, 0.15) is 11.6 Å². The van der Waals surface area contributed by atoms with Crippen LogP contribution in [0, 0.1) is 5.41 Å². The van der Waals surface area contributed by atoms with E-state index >= 15 is 0 Å². The Hall–Kier alpha value is -3.36. The van der Waals surface area contributed by atoms with Gasteiger partial charge in [-0.25, -0.2) is 9.59 Å². The van der Waals surface area contributed by atoms with Crippen LogP contribution in [0.15, 0.2) is 54.6 Å². The minimum absolute atomic E-state index is 0.0177. The number of amidine groups is 1. The highest BCUT2D eigenvalue weighted by molar-refractivity contribution is 5.95. The standard InChI is InChI=1S/C14H12N2O2.C2HF3O2/c15-13(16)10-6-8-12(9-7-10)18-14(17)11-4-2-1-3-5-11;3-2(4,5)1(6)7/h1-9H,(H3,15,16);(H,6,7). The summed E-state index contributed by atoms with van der Waals surface area (Å²) in [6.07, 6.45) is -5.08. The first-order valence-electron chi connectivity index (χ1n) is 6.63. The molecule has 0 atom stereocenters. The fourth-order valence-electron chi connectivity index (χ4n) is 1.44. The van der Waals surface area contributed by atoms with Gasteiger partial charge in [-0.1, -0.05) is 18.2 Å². The Morgan fingerprint density at radius 2 is 1.44 bits per heavy atom. The van der Waals surface area contributed by atoms with Gasteiger partial charge in [-0.15, -0.1) is 0 Å². The average molecular weight is 354 g/mol. The van der Waals surface area contributed by atoms with Crippen LogP contribution >= 0.6 is 0 Å². The second-order valence-electron chi connectivity index (χ2n) is 4.50. The summed E-state index contributed by atoms with van der Waals surface area (Å²) in [5.74, 6) is -2.76. The Kier molecular flexibility index (Phi) is 6.68. The van der Waals surface area contributed by atoms with Crippen molar-refractivity contribution in [1.29, 1.82) is 5.41 Å². The lowest BCUT2D eigenvalue weighted by atomic mass is 10.2. The number of carbonyl (C=O) groups excluding carboxylic acids is 1. The minimum Gasteiger partial charge on any atom is -0.475 e. The Balaban J connectivity index is 0.000000381. The van der Waals surface area contributed by atoms with Crippen LogP contribution in [0.5, 0.6) is 5.75 Å². The van der Waals surface area contributed by atoms with E-state index < -0.39 is 18.1 Å². The van der Waals surface area contributed by atoms with Gasteiger partial charge in [-0.05, 0) is 36.4 Å². The number of carboxylic acids is 1. The molecule has 0 bridgehead atoms. The van der Waals surface area contributed by atoms with Crippen LogP contribution in [0.3, 0.4) is 0 Å². The summed E-state index contributed by atoms with van der Waals surface area (Å²) >= 11 is 0. The number of hydrogen-bond donors (Lipinski definition) is 3. The Morgan fingerprint density at radius 1 is 0.960 bits per heavy atom. The zero-order valence-electron chi connectivity index (χ0n) is 12.6. The van der Waals surface area contributed by atoms with Crippen molar-refractivity contribution in [2.45, 2.75) is 6.18 Å². The first-order valence-corrected chi connectivity index (χ1v) is 6.63. The number of benzene rings is 2. The predicted molar refractivity (Wildman–Crippen MR) is 82.5 cm³/mol. The van der Waals surface area contributed by atoms with Crippen LogP contribution in [0.25, 0.3) is 0 Å². The molecule has 0 unspecified atom stereocenters. The van der Waals surface area contributed by atoms with E-state index in [1.165, 1.54) is 0 Å². The van der Waals surface area contributed by atoms with E-state index in [2.05, 4.69) is 0 Å². The molecule has 0 aliphatic rings. The largest absolute Gasteiger partial charge is 0.490 e. The van der Waals surface area contributed by atoms with Crippen LogP contribution in [-0.2, 0) is 4.79 Å². The van der Waals surface area contributed by atoms with Crippen molar-refractivity contribution >= 4 is 17.8 Å². The molecule has 6 nitrogen and oxygen atoms in total. The van der Waals surface area contributed by atoms with Crippen molar-refractivity contribution < 1.29 is 32.6 Å². The van der Waals surface area contributed by atoms with Crippen LogP contribution in [0.1, 0.15) is 15.9 Å². The summed E-state index contributed by atoms with van der Waals surface area (Å²) in [7, 11) is 0. The summed E-state index contributed by atoms with van der Waals surface area (Å²) < 4.78 is 36.9. The fourth-order valence-corrected chi connectivity index (χ4v) is 1.44. The number of aliphatic carboxylic acids is 1. The molecule has 2 aromatic carbocycles. The van der Waals surface area contributed by atoms with Gasteiger partial charge < -0.3 is 15.6 Å². The highest BCUT2D eigenvalue weighted by Gasteiger charge is 2.38. The second kappa shape index (κ2) is 8.48. The van der Waals surface area contributed by atoms with Crippen LogP contribution in [0.2, 0.25) is 0 Å². The predicted octanol–water partition coefficient (Wildman–Crippen LogP) is 2.82. The number of ether oxygens (including phenoxy) is 1. The Labute approximate surface area is 140 Å². The maximum Gasteiger partial charge on any atom is 0.490 e. The number of nitrogens with one attached hydrogen (secondary N) is 1. The zero-order chi connectivity index (χ0) is 19.0. The summed E-state index contributed by atoms with van der Waals surface area (Å²) in [6.45, 7) is 0. The third-order valence-electron chi connectivity index (χ3n) is 2.63. The third kappa shape index (κ3) is 6.73. The van der Waals surface area contributed by atoms with Crippen molar-refractivity contribution in [1.82, 2.24) is 0 Å². The van der Waals surface area contributed by atoms with Gasteiger partial charge in [0.2, 0.25) is 0 Å². The molecule has 4 N–H and O–H groups in total. The molecule has 0 spiro atoms. The molecule has 132 valence electrons. The summed E-state index contributed by atoms with van der Waals surface area (Å²) in [6, 6.07) is 15.2. The average Bonchev–Trinajstić information content (AvgIpc) is 2.56. The molecule has 2 aromatic rings. The lowest BCUT2D eigenvalue weighted by Gasteiger charge is -2.05. The maximum absolute atomic E-state index is 11.7. The molecule has 0 fully saturated rings. The van der Waals surface area contributed by atoms with Gasteiger partial charge in [0.05, 0.1) is 5.56 Å². The van der Waals surface area contributed by atoms with Gasteiger partial charge in [0.15, 0.2) is 0 Å². The van der Waals surface area contributed by atoms with Crippen LogP contribution in [-0.4, -0.2) is 29.1 Å². The van der Waals surface area contributed by atoms with Crippen LogP contribution in [0.4, 0.5) is 13.2 Å². The molecule has 0 aliphatic carbocycles. The van der Waals surface area contributed by atoms with E-state index in [9.17, 15) is 18.0 Å². The zero-order valence-corrected chi connectivity index (χ0v) is 12.6. The van der Waals surface area contributed by atoms with Crippen molar-refractivity contribution in [2.75, 3.05) is 0 Å². The van der Waals surface area contributed by atoms with Gasteiger partial charge >= 0.3 is 18.1 Å². The van der Waals surface area contributed by atoms with Gasteiger partial charge in [-0.2, -0.15) is 13.2 Å².